The molecule has 1 fully saturated rings. The molecule has 2 atom stereocenters. The molecule has 1 heterocycles. The van der Waals surface area contributed by atoms with Crippen molar-refractivity contribution in [2.75, 3.05) is 13.6 Å². The summed E-state index contributed by atoms with van der Waals surface area (Å²) in [5.74, 6) is -1.83. The van der Waals surface area contributed by atoms with E-state index in [0.29, 0.717) is 19.4 Å². The molecule has 0 spiro atoms. The van der Waals surface area contributed by atoms with Gasteiger partial charge in [0.05, 0.1) is 0 Å². The summed E-state index contributed by atoms with van der Waals surface area (Å²) in [5.41, 5.74) is 0. The van der Waals surface area contributed by atoms with Gasteiger partial charge in [0.1, 0.15) is 0 Å². The number of nitrogens with one attached hydrogen (secondary N) is 1. The molecule has 1 rings (SSSR count). The molecule has 0 aromatic heterocycles. The number of carbonyl (C=O) groups excluding carboxylic acids is 1. The fourth-order valence-electron chi connectivity index (χ4n) is 1.69. The van der Waals surface area contributed by atoms with Gasteiger partial charge in [-0.1, -0.05) is 0 Å². The molecule has 0 aromatic carbocycles. The van der Waals surface area contributed by atoms with E-state index in [1.807, 2.05) is 19.3 Å². The molecule has 1 saturated heterocycles. The van der Waals surface area contributed by atoms with Crippen LogP contribution in [0.15, 0.2) is 0 Å². The molecule has 2 unspecified atom stereocenters. The second-order valence-corrected chi connectivity index (χ2v) is 4.02. The number of carbonyl (C=O) groups is 1. The Hall–Kier alpha value is -0.780. The first-order valence-corrected chi connectivity index (χ1v) is 4.88. The molecule has 1 aliphatic heterocycles. The quantitative estimate of drug-likeness (QED) is 0.724. The van der Waals surface area contributed by atoms with E-state index in [4.69, 9.17) is 0 Å². The summed E-state index contributed by atoms with van der Waals surface area (Å²) >= 11 is 0. The Bertz CT molecular complexity index is 242. The average Bonchev–Trinajstić information content (AvgIpc) is 2.10. The standard InChI is InChI=1S/C9H15F3N2O/c1-6-5-7(3-4-14(6)2)13-8(15)9(10,11)12/h6-7H,3-5H2,1-2H3,(H,13,15). The molecule has 3 nitrogen and oxygen atoms in total. The van der Waals surface area contributed by atoms with Crippen molar-refractivity contribution in [2.45, 2.75) is 38.0 Å². The van der Waals surface area contributed by atoms with Crippen LogP contribution in [0.4, 0.5) is 13.2 Å². The lowest BCUT2D eigenvalue weighted by atomic mass is 9.99. The minimum atomic E-state index is -4.77. The monoisotopic (exact) mass is 224 g/mol. The number of halogens is 3. The zero-order valence-electron chi connectivity index (χ0n) is 8.77. The van der Waals surface area contributed by atoms with E-state index in [9.17, 15) is 18.0 Å². The van der Waals surface area contributed by atoms with E-state index in [1.165, 1.54) is 0 Å². The molecule has 0 bridgehead atoms. The van der Waals surface area contributed by atoms with Gasteiger partial charge in [-0.2, -0.15) is 13.2 Å². The van der Waals surface area contributed by atoms with Crippen molar-refractivity contribution in [2.24, 2.45) is 0 Å². The highest BCUT2D eigenvalue weighted by molar-refractivity contribution is 5.81. The molecule has 0 aliphatic carbocycles. The Morgan fingerprint density at radius 1 is 1.47 bits per heavy atom. The van der Waals surface area contributed by atoms with Crippen LogP contribution < -0.4 is 5.32 Å². The second kappa shape index (κ2) is 4.38. The maximum atomic E-state index is 12.0. The molecule has 6 heteroatoms. The van der Waals surface area contributed by atoms with Crippen LogP contribution in [0, 0.1) is 0 Å². The molecular weight excluding hydrogens is 209 g/mol. The molecular formula is C9H15F3N2O. The summed E-state index contributed by atoms with van der Waals surface area (Å²) in [4.78, 5) is 12.7. The molecule has 1 aliphatic rings. The molecule has 1 N–H and O–H groups in total. The van der Waals surface area contributed by atoms with Crippen LogP contribution in [0.5, 0.6) is 0 Å². The van der Waals surface area contributed by atoms with E-state index in [0.717, 1.165) is 0 Å². The predicted octanol–water partition coefficient (Wildman–Crippen LogP) is 1.15. The van der Waals surface area contributed by atoms with E-state index in [2.05, 4.69) is 4.90 Å². The number of likely N-dealkylation sites (tertiary alicyclic amines) is 1. The Morgan fingerprint density at radius 2 is 2.07 bits per heavy atom. The van der Waals surface area contributed by atoms with Gasteiger partial charge in [-0.25, -0.2) is 0 Å². The number of amides is 1. The van der Waals surface area contributed by atoms with Gasteiger partial charge in [0.2, 0.25) is 0 Å². The summed E-state index contributed by atoms with van der Waals surface area (Å²) in [5, 5.41) is 2.02. The van der Waals surface area contributed by atoms with Gasteiger partial charge in [0.25, 0.3) is 0 Å². The maximum absolute atomic E-state index is 12.0. The van der Waals surface area contributed by atoms with Gasteiger partial charge in [-0.15, -0.1) is 0 Å². The summed E-state index contributed by atoms with van der Waals surface area (Å²) in [7, 11) is 1.92. The predicted molar refractivity (Wildman–Crippen MR) is 49.3 cm³/mol. The van der Waals surface area contributed by atoms with E-state index in [-0.39, 0.29) is 12.1 Å². The second-order valence-electron chi connectivity index (χ2n) is 4.02. The third kappa shape index (κ3) is 3.37. The highest BCUT2D eigenvalue weighted by Gasteiger charge is 2.40. The number of alkyl halides is 3. The minimum absolute atomic E-state index is 0.206. The number of nitrogens with zero attached hydrogens (tertiary/aromatic N) is 1. The Kier molecular flexibility index (Phi) is 3.59. The van der Waals surface area contributed by atoms with Crippen molar-refractivity contribution in [1.29, 1.82) is 0 Å². The zero-order valence-corrected chi connectivity index (χ0v) is 8.77. The van der Waals surface area contributed by atoms with Crippen LogP contribution in [0.1, 0.15) is 19.8 Å². The topological polar surface area (TPSA) is 32.3 Å². The van der Waals surface area contributed by atoms with E-state index in [1.54, 1.807) is 0 Å². The van der Waals surface area contributed by atoms with Gasteiger partial charge in [0.15, 0.2) is 0 Å². The lowest BCUT2D eigenvalue weighted by molar-refractivity contribution is -0.174. The van der Waals surface area contributed by atoms with Crippen LogP contribution >= 0.6 is 0 Å². The van der Waals surface area contributed by atoms with E-state index < -0.39 is 12.1 Å². The fraction of sp³-hybridized carbons (Fsp3) is 0.889. The van der Waals surface area contributed by atoms with Crippen molar-refractivity contribution in [3.8, 4) is 0 Å². The molecule has 1 amide bonds. The van der Waals surface area contributed by atoms with Gasteiger partial charge in [-0.05, 0) is 26.8 Å². The molecule has 0 radical (unpaired) electrons. The normalized spacial score (nSPS) is 28.9. The SMILES string of the molecule is CC1CC(NC(=O)C(F)(F)F)CCN1C. The largest absolute Gasteiger partial charge is 0.471 e. The Morgan fingerprint density at radius 3 is 2.53 bits per heavy atom. The summed E-state index contributed by atoms with van der Waals surface area (Å²) in [6, 6.07) is -0.150. The van der Waals surface area contributed by atoms with Crippen molar-refractivity contribution in [3.63, 3.8) is 0 Å². The van der Waals surface area contributed by atoms with Crippen molar-refractivity contribution >= 4 is 5.91 Å². The fourth-order valence-corrected chi connectivity index (χ4v) is 1.69. The first kappa shape index (κ1) is 12.3. The molecule has 88 valence electrons. The summed E-state index contributed by atoms with van der Waals surface area (Å²) in [6.45, 7) is 2.65. The third-order valence-electron chi connectivity index (χ3n) is 2.80. The maximum Gasteiger partial charge on any atom is 0.471 e. The van der Waals surface area contributed by atoms with Gasteiger partial charge in [0, 0.05) is 18.6 Å². The number of hydrogen-bond acceptors (Lipinski definition) is 2. The molecule has 0 aromatic rings. The summed E-state index contributed by atoms with van der Waals surface area (Å²) < 4.78 is 35.9. The lowest BCUT2D eigenvalue weighted by Crippen LogP contribution is -2.50. The summed E-state index contributed by atoms with van der Waals surface area (Å²) in [6.07, 6.45) is -3.63. The van der Waals surface area contributed by atoms with Gasteiger partial charge in [-0.3, -0.25) is 4.79 Å². The molecule has 0 saturated carbocycles. The van der Waals surface area contributed by atoms with Crippen molar-refractivity contribution in [1.82, 2.24) is 10.2 Å². The van der Waals surface area contributed by atoms with Crippen LogP contribution in [0.25, 0.3) is 0 Å². The highest BCUT2D eigenvalue weighted by atomic mass is 19.4. The first-order chi connectivity index (χ1) is 6.80. The van der Waals surface area contributed by atoms with Crippen molar-refractivity contribution in [3.05, 3.63) is 0 Å². The van der Waals surface area contributed by atoms with Gasteiger partial charge >= 0.3 is 12.1 Å². The van der Waals surface area contributed by atoms with Crippen LogP contribution in [-0.4, -0.2) is 42.7 Å². The third-order valence-corrected chi connectivity index (χ3v) is 2.80. The zero-order chi connectivity index (χ0) is 11.6. The van der Waals surface area contributed by atoms with Crippen LogP contribution in [-0.2, 0) is 4.79 Å². The lowest BCUT2D eigenvalue weighted by Gasteiger charge is -2.35. The van der Waals surface area contributed by atoms with Crippen LogP contribution in [0.3, 0.4) is 0 Å². The van der Waals surface area contributed by atoms with Gasteiger partial charge < -0.3 is 10.2 Å². The van der Waals surface area contributed by atoms with E-state index >= 15 is 0 Å². The number of piperidine rings is 1. The highest BCUT2D eigenvalue weighted by Crippen LogP contribution is 2.19. The average molecular weight is 224 g/mol. The number of hydrogen-bond donors (Lipinski definition) is 1. The number of rotatable bonds is 1. The van der Waals surface area contributed by atoms with Crippen molar-refractivity contribution < 1.29 is 18.0 Å². The Balaban J connectivity index is 2.44. The minimum Gasteiger partial charge on any atom is -0.345 e. The first-order valence-electron chi connectivity index (χ1n) is 4.88. The molecule has 15 heavy (non-hydrogen) atoms. The van der Waals surface area contributed by atoms with Crippen LogP contribution in [0.2, 0.25) is 0 Å². The smallest absolute Gasteiger partial charge is 0.345 e. The Labute approximate surface area is 86.6 Å².